The summed E-state index contributed by atoms with van der Waals surface area (Å²) >= 11 is 1.13. The highest BCUT2D eigenvalue weighted by Crippen LogP contribution is 2.34. The summed E-state index contributed by atoms with van der Waals surface area (Å²) in [5.41, 5.74) is 3.51. The largest absolute Gasteiger partial charge is 0.418 e. The van der Waals surface area contributed by atoms with Crippen LogP contribution >= 0.6 is 11.3 Å². The van der Waals surface area contributed by atoms with Crippen molar-refractivity contribution in [1.29, 1.82) is 0 Å². The number of hydrogen-bond donors (Lipinski definition) is 2. The van der Waals surface area contributed by atoms with Crippen LogP contribution in [0.3, 0.4) is 0 Å². The number of carbonyl (C=O) groups excluding carboxylic acids is 1. The summed E-state index contributed by atoms with van der Waals surface area (Å²) in [5, 5.41) is 1.68. The summed E-state index contributed by atoms with van der Waals surface area (Å²) in [7, 11) is -3.57. The normalized spacial score (nSPS) is 16.7. The van der Waals surface area contributed by atoms with Gasteiger partial charge in [0.1, 0.15) is 4.21 Å². The molecule has 3 rings (SSSR count). The molecule has 152 valence electrons. The maximum Gasteiger partial charge on any atom is 0.418 e. The van der Waals surface area contributed by atoms with Crippen molar-refractivity contribution < 1.29 is 26.4 Å². The Labute approximate surface area is 164 Å². The first kappa shape index (κ1) is 20.6. The van der Waals surface area contributed by atoms with Gasteiger partial charge in [-0.25, -0.2) is 8.42 Å². The molecular formula is C17H18F3N3O3S2. The maximum atomic E-state index is 13.0. The van der Waals surface area contributed by atoms with Crippen LogP contribution in [0.4, 0.5) is 18.9 Å². The van der Waals surface area contributed by atoms with Gasteiger partial charge in [0.15, 0.2) is 0 Å². The number of rotatable bonds is 5. The van der Waals surface area contributed by atoms with Crippen molar-refractivity contribution in [2.75, 3.05) is 18.5 Å². The van der Waals surface area contributed by atoms with Crippen LogP contribution in [0.5, 0.6) is 0 Å². The number of anilines is 1. The van der Waals surface area contributed by atoms with E-state index in [1.165, 1.54) is 28.6 Å². The smallest absolute Gasteiger partial charge is 0.298 e. The van der Waals surface area contributed by atoms with Crippen LogP contribution in [-0.2, 0) is 21.0 Å². The molecule has 0 radical (unpaired) electrons. The average Bonchev–Trinajstić information content (AvgIpc) is 3.21. The van der Waals surface area contributed by atoms with Gasteiger partial charge in [-0.2, -0.15) is 17.5 Å². The zero-order valence-corrected chi connectivity index (χ0v) is 16.2. The van der Waals surface area contributed by atoms with Crippen molar-refractivity contribution in [3.8, 4) is 0 Å². The number of nitrogens with one attached hydrogen (secondary N) is 2. The van der Waals surface area contributed by atoms with E-state index in [0.717, 1.165) is 17.4 Å². The highest BCUT2D eigenvalue weighted by Gasteiger charge is 2.34. The van der Waals surface area contributed by atoms with Crippen molar-refractivity contribution in [2.24, 2.45) is 5.92 Å². The molecule has 0 spiro atoms. The first-order valence-corrected chi connectivity index (χ1v) is 10.8. The minimum atomic E-state index is -4.55. The summed E-state index contributed by atoms with van der Waals surface area (Å²) < 4.78 is 65.5. The molecule has 2 N–H and O–H groups in total. The molecule has 1 fully saturated rings. The summed E-state index contributed by atoms with van der Waals surface area (Å²) in [6.07, 6.45) is -3.96. The maximum absolute atomic E-state index is 13.0. The van der Waals surface area contributed by atoms with Gasteiger partial charge in [0, 0.05) is 19.0 Å². The molecular weight excluding hydrogens is 415 g/mol. The molecule has 11 heteroatoms. The number of alkyl halides is 3. The van der Waals surface area contributed by atoms with Gasteiger partial charge in [0.25, 0.3) is 10.0 Å². The number of piperidine rings is 1. The number of nitrogens with zero attached hydrogens (tertiary/aromatic N) is 1. The Hall–Kier alpha value is -2.11. The van der Waals surface area contributed by atoms with Gasteiger partial charge >= 0.3 is 6.18 Å². The molecule has 2 aromatic rings. The van der Waals surface area contributed by atoms with Gasteiger partial charge in [0.05, 0.1) is 11.3 Å². The Bertz CT molecular complexity index is 923. The van der Waals surface area contributed by atoms with Gasteiger partial charge in [0.2, 0.25) is 5.91 Å². The second kappa shape index (κ2) is 8.10. The molecule has 1 aromatic carbocycles. The van der Waals surface area contributed by atoms with E-state index in [-0.39, 0.29) is 23.0 Å². The van der Waals surface area contributed by atoms with Gasteiger partial charge < -0.3 is 0 Å². The average molecular weight is 433 g/mol. The zero-order valence-electron chi connectivity index (χ0n) is 14.6. The number of thiophene rings is 1. The van der Waals surface area contributed by atoms with Crippen LogP contribution in [-0.4, -0.2) is 31.7 Å². The number of para-hydroxylation sites is 1. The van der Waals surface area contributed by atoms with Crippen LogP contribution in [0.15, 0.2) is 46.0 Å². The van der Waals surface area contributed by atoms with Crippen molar-refractivity contribution in [2.45, 2.75) is 23.2 Å². The van der Waals surface area contributed by atoms with Crippen LogP contribution in [0.1, 0.15) is 18.4 Å². The second-order valence-corrected chi connectivity index (χ2v) is 9.38. The van der Waals surface area contributed by atoms with E-state index < -0.39 is 33.6 Å². The number of hydrazine groups is 1. The van der Waals surface area contributed by atoms with E-state index in [9.17, 15) is 26.4 Å². The molecule has 0 bridgehead atoms. The lowest BCUT2D eigenvalue weighted by molar-refractivity contribution is -0.137. The lowest BCUT2D eigenvalue weighted by atomic mass is 9.97. The fraction of sp³-hybridized carbons (Fsp3) is 0.353. The zero-order chi connectivity index (χ0) is 20.4. The Balaban J connectivity index is 1.57. The van der Waals surface area contributed by atoms with Crippen molar-refractivity contribution in [3.63, 3.8) is 0 Å². The number of amides is 1. The molecule has 0 atom stereocenters. The number of hydrogen-bond acceptors (Lipinski definition) is 5. The quantitative estimate of drug-likeness (QED) is 0.710. The van der Waals surface area contributed by atoms with Gasteiger partial charge in [-0.15, -0.1) is 11.3 Å². The molecule has 1 amide bonds. The van der Waals surface area contributed by atoms with E-state index in [0.29, 0.717) is 12.8 Å². The third-order valence-corrected chi connectivity index (χ3v) is 7.74. The molecule has 0 aliphatic carbocycles. The standard InChI is InChI=1S/C17H18F3N3O3S2/c18-17(19,20)13-4-1-2-5-14(13)21-22-16(24)12-7-9-23(10-8-12)28(25,26)15-6-3-11-27-15/h1-6,11-12,21H,7-10H2,(H,22,24). The third kappa shape index (κ3) is 4.47. The predicted octanol–water partition coefficient (Wildman–Crippen LogP) is 3.31. The molecule has 6 nitrogen and oxygen atoms in total. The molecule has 1 aliphatic heterocycles. The van der Waals surface area contributed by atoms with Crippen LogP contribution in [0.25, 0.3) is 0 Å². The molecule has 0 unspecified atom stereocenters. The van der Waals surface area contributed by atoms with Crippen LogP contribution in [0, 0.1) is 5.92 Å². The monoisotopic (exact) mass is 433 g/mol. The Morgan fingerprint density at radius 2 is 1.79 bits per heavy atom. The van der Waals surface area contributed by atoms with E-state index in [1.54, 1.807) is 11.4 Å². The summed E-state index contributed by atoms with van der Waals surface area (Å²) in [4.78, 5) is 12.3. The first-order chi connectivity index (χ1) is 13.2. The number of sulfonamides is 1. The van der Waals surface area contributed by atoms with Crippen LogP contribution < -0.4 is 10.9 Å². The Kier molecular flexibility index (Phi) is 5.96. The highest BCUT2D eigenvalue weighted by molar-refractivity contribution is 7.91. The number of carbonyl (C=O) groups is 1. The fourth-order valence-corrected chi connectivity index (χ4v) is 5.58. The topological polar surface area (TPSA) is 78.5 Å². The van der Waals surface area contributed by atoms with Gasteiger partial charge in [-0.1, -0.05) is 18.2 Å². The molecule has 1 aromatic heterocycles. The SMILES string of the molecule is O=C(NNc1ccccc1C(F)(F)F)C1CCN(S(=O)(=O)c2cccs2)CC1. The summed E-state index contributed by atoms with van der Waals surface area (Å²) in [6, 6.07) is 8.02. The molecule has 0 saturated carbocycles. The summed E-state index contributed by atoms with van der Waals surface area (Å²) in [5.74, 6) is -0.953. The molecule has 28 heavy (non-hydrogen) atoms. The second-order valence-electron chi connectivity index (χ2n) is 6.27. The highest BCUT2D eigenvalue weighted by atomic mass is 32.2. The molecule has 1 aliphatic rings. The minimum Gasteiger partial charge on any atom is -0.298 e. The lowest BCUT2D eigenvalue weighted by Gasteiger charge is -2.30. The van der Waals surface area contributed by atoms with E-state index in [4.69, 9.17) is 0 Å². The van der Waals surface area contributed by atoms with Crippen molar-refractivity contribution in [3.05, 3.63) is 47.3 Å². The van der Waals surface area contributed by atoms with Crippen LogP contribution in [0.2, 0.25) is 0 Å². The first-order valence-electron chi connectivity index (χ1n) is 8.45. The predicted molar refractivity (Wildman–Crippen MR) is 99.0 cm³/mol. The van der Waals surface area contributed by atoms with E-state index in [1.807, 2.05) is 0 Å². The minimum absolute atomic E-state index is 0.178. The van der Waals surface area contributed by atoms with Gasteiger partial charge in [-0.3, -0.25) is 15.6 Å². The molecule has 1 saturated heterocycles. The van der Waals surface area contributed by atoms with E-state index >= 15 is 0 Å². The van der Waals surface area contributed by atoms with Gasteiger partial charge in [-0.05, 0) is 36.4 Å². The van der Waals surface area contributed by atoms with Crippen molar-refractivity contribution >= 4 is 33.0 Å². The Morgan fingerprint density at radius 1 is 1.11 bits per heavy atom. The summed E-state index contributed by atoms with van der Waals surface area (Å²) in [6.45, 7) is 0.356. The Morgan fingerprint density at radius 3 is 2.39 bits per heavy atom. The number of halogens is 3. The molecule has 2 heterocycles. The third-order valence-electron chi connectivity index (χ3n) is 4.47. The fourth-order valence-electron chi connectivity index (χ4n) is 2.97. The number of benzene rings is 1. The van der Waals surface area contributed by atoms with E-state index in [2.05, 4.69) is 10.9 Å². The lowest BCUT2D eigenvalue weighted by Crippen LogP contribution is -2.44. The van der Waals surface area contributed by atoms with Crippen molar-refractivity contribution in [1.82, 2.24) is 9.73 Å².